The number of carbonyl (C=O) groups is 1. The first-order valence-electron chi connectivity index (χ1n) is 7.71. The first-order valence-corrected chi connectivity index (χ1v) is 7.71. The highest BCUT2D eigenvalue weighted by atomic mass is 16.5. The molecule has 1 aromatic rings. The van der Waals surface area contributed by atoms with Crippen LogP contribution in [0.15, 0.2) is 24.3 Å². The molecular formula is C17H26N2O3. The van der Waals surface area contributed by atoms with E-state index in [9.17, 15) is 4.79 Å². The van der Waals surface area contributed by atoms with Gasteiger partial charge in [-0.1, -0.05) is 19.9 Å². The molecule has 122 valence electrons. The number of hydrogen-bond acceptors (Lipinski definition) is 4. The molecule has 1 aliphatic rings. The molecule has 1 aliphatic heterocycles. The zero-order chi connectivity index (χ0) is 16.2. The number of nitrogens with two attached hydrogens (primary N) is 1. The zero-order valence-corrected chi connectivity index (χ0v) is 13.7. The fourth-order valence-corrected chi connectivity index (χ4v) is 2.69. The Bertz CT molecular complexity index is 516. The first-order chi connectivity index (χ1) is 10.4. The topological polar surface area (TPSA) is 64.8 Å². The van der Waals surface area contributed by atoms with Crippen LogP contribution >= 0.6 is 0 Å². The van der Waals surface area contributed by atoms with Crippen LogP contribution in [-0.2, 0) is 4.74 Å². The van der Waals surface area contributed by atoms with Crippen LogP contribution in [0.2, 0.25) is 0 Å². The Morgan fingerprint density at radius 1 is 1.41 bits per heavy atom. The van der Waals surface area contributed by atoms with Crippen LogP contribution in [-0.4, -0.2) is 50.3 Å². The molecule has 2 N–H and O–H groups in total. The Labute approximate surface area is 132 Å². The third kappa shape index (κ3) is 3.99. The van der Waals surface area contributed by atoms with E-state index in [1.165, 1.54) is 0 Å². The maximum atomic E-state index is 12.7. The molecule has 1 amide bonds. The van der Waals surface area contributed by atoms with Crippen LogP contribution in [0, 0.1) is 5.41 Å². The average Bonchev–Trinajstić information content (AvgIpc) is 2.50. The van der Waals surface area contributed by atoms with Crippen molar-refractivity contribution in [2.75, 3.05) is 33.4 Å². The summed E-state index contributed by atoms with van der Waals surface area (Å²) in [4.78, 5) is 14.6. The molecule has 22 heavy (non-hydrogen) atoms. The third-order valence-corrected chi connectivity index (χ3v) is 4.24. The SMILES string of the molecule is COCCOc1cccc(C(=O)N2CCC(N)C(C)(C)C2)c1. The second-order valence-electron chi connectivity index (χ2n) is 6.48. The Balaban J connectivity index is 2.04. The maximum Gasteiger partial charge on any atom is 0.254 e. The Kier molecular flexibility index (Phi) is 5.42. The number of carbonyl (C=O) groups excluding carboxylic acids is 1. The normalized spacial score (nSPS) is 20.7. The van der Waals surface area contributed by atoms with Gasteiger partial charge >= 0.3 is 0 Å². The lowest BCUT2D eigenvalue weighted by atomic mass is 9.79. The van der Waals surface area contributed by atoms with Crippen molar-refractivity contribution in [3.63, 3.8) is 0 Å². The van der Waals surface area contributed by atoms with Crippen molar-refractivity contribution < 1.29 is 14.3 Å². The molecule has 5 nitrogen and oxygen atoms in total. The molecule has 0 bridgehead atoms. The van der Waals surface area contributed by atoms with E-state index in [1.807, 2.05) is 23.1 Å². The summed E-state index contributed by atoms with van der Waals surface area (Å²) < 4.78 is 10.5. The van der Waals surface area contributed by atoms with Crippen molar-refractivity contribution in [3.05, 3.63) is 29.8 Å². The summed E-state index contributed by atoms with van der Waals surface area (Å²) in [6.45, 7) is 6.61. The molecule has 0 saturated carbocycles. The summed E-state index contributed by atoms with van der Waals surface area (Å²) in [6, 6.07) is 7.45. The fourth-order valence-electron chi connectivity index (χ4n) is 2.69. The first kappa shape index (κ1) is 16.8. The largest absolute Gasteiger partial charge is 0.491 e. The van der Waals surface area contributed by atoms with Crippen molar-refractivity contribution in [2.24, 2.45) is 11.1 Å². The highest BCUT2D eigenvalue weighted by Crippen LogP contribution is 2.29. The van der Waals surface area contributed by atoms with Crippen molar-refractivity contribution in [2.45, 2.75) is 26.3 Å². The quantitative estimate of drug-likeness (QED) is 0.844. The van der Waals surface area contributed by atoms with E-state index in [-0.39, 0.29) is 17.4 Å². The number of piperidine rings is 1. The molecule has 1 unspecified atom stereocenters. The Morgan fingerprint density at radius 2 is 2.18 bits per heavy atom. The second-order valence-corrected chi connectivity index (χ2v) is 6.48. The number of rotatable bonds is 5. The molecule has 1 heterocycles. The lowest BCUT2D eigenvalue weighted by molar-refractivity contribution is 0.0532. The summed E-state index contributed by atoms with van der Waals surface area (Å²) in [7, 11) is 1.63. The number of hydrogen-bond donors (Lipinski definition) is 1. The van der Waals surface area contributed by atoms with E-state index in [1.54, 1.807) is 13.2 Å². The van der Waals surface area contributed by atoms with Gasteiger partial charge in [0.05, 0.1) is 6.61 Å². The van der Waals surface area contributed by atoms with Crippen LogP contribution in [0.25, 0.3) is 0 Å². The van der Waals surface area contributed by atoms with Gasteiger partial charge in [-0.05, 0) is 30.0 Å². The lowest BCUT2D eigenvalue weighted by Gasteiger charge is -2.42. The summed E-state index contributed by atoms with van der Waals surface area (Å²) in [5, 5.41) is 0. The van der Waals surface area contributed by atoms with E-state index < -0.39 is 0 Å². The molecule has 0 aliphatic carbocycles. The third-order valence-electron chi connectivity index (χ3n) is 4.24. The summed E-state index contributed by atoms with van der Waals surface area (Å²) >= 11 is 0. The minimum absolute atomic E-state index is 0.0390. The maximum absolute atomic E-state index is 12.7. The van der Waals surface area contributed by atoms with E-state index in [2.05, 4.69) is 13.8 Å². The van der Waals surface area contributed by atoms with E-state index >= 15 is 0 Å². The van der Waals surface area contributed by atoms with Crippen LogP contribution in [0.1, 0.15) is 30.6 Å². The average molecular weight is 306 g/mol. The fraction of sp³-hybridized carbons (Fsp3) is 0.588. The number of amides is 1. The van der Waals surface area contributed by atoms with Gasteiger partial charge in [-0.2, -0.15) is 0 Å². The number of likely N-dealkylation sites (tertiary alicyclic amines) is 1. The molecule has 1 fully saturated rings. The van der Waals surface area contributed by atoms with E-state index in [4.69, 9.17) is 15.2 Å². The second kappa shape index (κ2) is 7.11. The van der Waals surface area contributed by atoms with Gasteiger partial charge in [0.25, 0.3) is 5.91 Å². The standard InChI is InChI=1S/C17H26N2O3/c1-17(2)12-19(8-7-15(17)18)16(20)13-5-4-6-14(11-13)22-10-9-21-3/h4-6,11,15H,7-10,12,18H2,1-3H3. The predicted octanol–water partition coefficient (Wildman–Crippen LogP) is 1.91. The van der Waals surface area contributed by atoms with E-state index in [0.29, 0.717) is 37.6 Å². The molecule has 0 aromatic heterocycles. The van der Waals surface area contributed by atoms with Crippen molar-refractivity contribution >= 4 is 5.91 Å². The van der Waals surface area contributed by atoms with Crippen LogP contribution in [0.3, 0.4) is 0 Å². The van der Waals surface area contributed by atoms with Crippen molar-refractivity contribution in [3.8, 4) is 5.75 Å². The Hall–Kier alpha value is -1.59. The van der Waals surface area contributed by atoms with Crippen molar-refractivity contribution in [1.82, 2.24) is 4.90 Å². The van der Waals surface area contributed by atoms with Gasteiger partial charge in [-0.15, -0.1) is 0 Å². The Morgan fingerprint density at radius 3 is 2.86 bits per heavy atom. The molecule has 1 atom stereocenters. The monoisotopic (exact) mass is 306 g/mol. The molecule has 2 rings (SSSR count). The number of ether oxygens (including phenoxy) is 2. The predicted molar refractivity (Wildman–Crippen MR) is 86.1 cm³/mol. The highest BCUT2D eigenvalue weighted by molar-refractivity contribution is 5.94. The number of benzene rings is 1. The van der Waals surface area contributed by atoms with Crippen LogP contribution < -0.4 is 10.5 Å². The molecule has 5 heteroatoms. The minimum Gasteiger partial charge on any atom is -0.491 e. The van der Waals surface area contributed by atoms with Gasteiger partial charge < -0.3 is 20.1 Å². The minimum atomic E-state index is -0.0551. The van der Waals surface area contributed by atoms with E-state index in [0.717, 1.165) is 6.42 Å². The van der Waals surface area contributed by atoms with Crippen molar-refractivity contribution in [1.29, 1.82) is 0 Å². The molecular weight excluding hydrogens is 280 g/mol. The lowest BCUT2D eigenvalue weighted by Crippen LogP contribution is -2.53. The smallest absolute Gasteiger partial charge is 0.254 e. The molecule has 1 aromatic carbocycles. The zero-order valence-electron chi connectivity index (χ0n) is 13.7. The molecule has 0 spiro atoms. The van der Waals surface area contributed by atoms with Gasteiger partial charge in [0.2, 0.25) is 0 Å². The number of nitrogens with zero attached hydrogens (tertiary/aromatic N) is 1. The van der Waals surface area contributed by atoms with Gasteiger partial charge in [0.1, 0.15) is 12.4 Å². The summed E-state index contributed by atoms with van der Waals surface area (Å²) in [6.07, 6.45) is 0.836. The molecule has 0 radical (unpaired) electrons. The van der Waals surface area contributed by atoms with Gasteiger partial charge in [0, 0.05) is 31.8 Å². The summed E-state index contributed by atoms with van der Waals surface area (Å²) in [5.41, 5.74) is 6.73. The van der Waals surface area contributed by atoms with Gasteiger partial charge in [-0.3, -0.25) is 4.79 Å². The van der Waals surface area contributed by atoms with Gasteiger partial charge in [-0.25, -0.2) is 0 Å². The molecule has 1 saturated heterocycles. The van der Waals surface area contributed by atoms with Crippen LogP contribution in [0.4, 0.5) is 0 Å². The highest BCUT2D eigenvalue weighted by Gasteiger charge is 2.35. The summed E-state index contributed by atoms with van der Waals surface area (Å²) in [5.74, 6) is 0.730. The number of methoxy groups -OCH3 is 1. The van der Waals surface area contributed by atoms with Crippen LogP contribution in [0.5, 0.6) is 5.75 Å². The van der Waals surface area contributed by atoms with Gasteiger partial charge in [0.15, 0.2) is 0 Å².